The van der Waals surface area contributed by atoms with Gasteiger partial charge in [-0.1, -0.05) is 6.92 Å². The molecule has 6 nitrogen and oxygen atoms in total. The van der Waals surface area contributed by atoms with Gasteiger partial charge < -0.3 is 15.2 Å². The summed E-state index contributed by atoms with van der Waals surface area (Å²) in [6, 6.07) is 4.73. The molecule has 0 atom stereocenters. The summed E-state index contributed by atoms with van der Waals surface area (Å²) in [4.78, 5) is 10.8. The quantitative estimate of drug-likeness (QED) is 0.644. The lowest BCUT2D eigenvalue weighted by molar-refractivity contribution is -0.384. The average Bonchev–Trinajstić information content (AvgIpc) is 2.50. The van der Waals surface area contributed by atoms with Crippen molar-refractivity contribution in [1.82, 2.24) is 0 Å². The van der Waals surface area contributed by atoms with E-state index in [0.717, 1.165) is 25.7 Å². The van der Waals surface area contributed by atoms with Crippen molar-refractivity contribution in [2.24, 2.45) is 5.92 Å². The highest BCUT2D eigenvalue weighted by molar-refractivity contribution is 5.65. The van der Waals surface area contributed by atoms with Crippen LogP contribution in [0.25, 0.3) is 0 Å². The molecule has 2 rings (SSSR count). The molecule has 0 spiro atoms. The minimum atomic E-state index is -0.466. The van der Waals surface area contributed by atoms with Crippen LogP contribution in [-0.2, 0) is 0 Å². The van der Waals surface area contributed by atoms with Gasteiger partial charge in [-0.2, -0.15) is 0 Å². The zero-order valence-corrected chi connectivity index (χ0v) is 12.5. The molecular formula is C15H22N2O4. The predicted octanol–water partition coefficient (Wildman–Crippen LogP) is 2.96. The SMILES string of the molecule is COc1ccc(NC2(CO)CCC(C)CC2)c([N+](=O)[O-])c1. The van der Waals surface area contributed by atoms with E-state index in [0.29, 0.717) is 17.4 Å². The lowest BCUT2D eigenvalue weighted by atomic mass is 9.77. The fourth-order valence-corrected chi connectivity index (χ4v) is 2.82. The number of rotatable bonds is 5. The molecule has 0 unspecified atom stereocenters. The number of hydrogen-bond donors (Lipinski definition) is 2. The van der Waals surface area contributed by atoms with Crippen LogP contribution < -0.4 is 10.1 Å². The Bertz CT molecular complexity index is 510. The number of ether oxygens (including phenoxy) is 1. The average molecular weight is 294 g/mol. The lowest BCUT2D eigenvalue weighted by Crippen LogP contribution is -2.45. The molecule has 6 heteroatoms. The van der Waals surface area contributed by atoms with Gasteiger partial charge in [0.2, 0.25) is 0 Å². The summed E-state index contributed by atoms with van der Waals surface area (Å²) in [5.41, 5.74) is -0.0588. The molecule has 0 saturated heterocycles. The Morgan fingerprint density at radius 3 is 2.67 bits per heavy atom. The first-order valence-corrected chi connectivity index (χ1v) is 7.21. The number of hydrogen-bond acceptors (Lipinski definition) is 5. The molecule has 116 valence electrons. The molecule has 1 aromatic carbocycles. The van der Waals surface area contributed by atoms with E-state index in [-0.39, 0.29) is 12.3 Å². The summed E-state index contributed by atoms with van der Waals surface area (Å²) < 4.78 is 5.03. The highest BCUT2D eigenvalue weighted by Gasteiger charge is 2.35. The fourth-order valence-electron chi connectivity index (χ4n) is 2.82. The number of aliphatic hydroxyl groups excluding tert-OH is 1. The van der Waals surface area contributed by atoms with E-state index >= 15 is 0 Å². The van der Waals surface area contributed by atoms with E-state index in [2.05, 4.69) is 12.2 Å². The number of nitrogens with zero attached hydrogens (tertiary/aromatic N) is 1. The van der Waals surface area contributed by atoms with Crippen LogP contribution in [0.2, 0.25) is 0 Å². The van der Waals surface area contributed by atoms with Gasteiger partial charge in [-0.25, -0.2) is 0 Å². The van der Waals surface area contributed by atoms with Gasteiger partial charge in [0.1, 0.15) is 11.4 Å². The number of anilines is 1. The molecule has 0 radical (unpaired) electrons. The molecular weight excluding hydrogens is 272 g/mol. The summed E-state index contributed by atoms with van der Waals surface area (Å²) in [7, 11) is 1.48. The molecule has 0 heterocycles. The van der Waals surface area contributed by atoms with Crippen LogP contribution in [0.15, 0.2) is 18.2 Å². The summed E-state index contributed by atoms with van der Waals surface area (Å²) in [6.45, 7) is 2.17. The number of nitrogens with one attached hydrogen (secondary N) is 1. The topological polar surface area (TPSA) is 84.6 Å². The summed E-state index contributed by atoms with van der Waals surface area (Å²) >= 11 is 0. The van der Waals surface area contributed by atoms with E-state index in [9.17, 15) is 15.2 Å². The summed E-state index contributed by atoms with van der Waals surface area (Å²) in [5.74, 6) is 1.08. The lowest BCUT2D eigenvalue weighted by Gasteiger charge is -2.39. The van der Waals surface area contributed by atoms with Crippen molar-refractivity contribution in [1.29, 1.82) is 0 Å². The Kier molecular flexibility index (Phi) is 4.67. The largest absolute Gasteiger partial charge is 0.496 e. The molecule has 0 amide bonds. The molecule has 21 heavy (non-hydrogen) atoms. The first-order chi connectivity index (χ1) is 9.99. The third-order valence-corrected chi connectivity index (χ3v) is 4.34. The zero-order chi connectivity index (χ0) is 15.5. The molecule has 1 saturated carbocycles. The van der Waals surface area contributed by atoms with Crippen molar-refractivity contribution >= 4 is 11.4 Å². The Morgan fingerprint density at radius 2 is 2.14 bits per heavy atom. The minimum absolute atomic E-state index is 0.0249. The Balaban J connectivity index is 2.27. The number of benzene rings is 1. The van der Waals surface area contributed by atoms with Crippen LogP contribution >= 0.6 is 0 Å². The molecule has 1 aromatic rings. The van der Waals surface area contributed by atoms with Crippen molar-refractivity contribution in [2.45, 2.75) is 38.1 Å². The van der Waals surface area contributed by atoms with E-state index in [4.69, 9.17) is 4.74 Å². The maximum atomic E-state index is 11.2. The van der Waals surface area contributed by atoms with Gasteiger partial charge in [0.05, 0.1) is 30.2 Å². The molecule has 0 bridgehead atoms. The van der Waals surface area contributed by atoms with Gasteiger partial charge in [0.15, 0.2) is 0 Å². The highest BCUT2D eigenvalue weighted by Crippen LogP contribution is 2.37. The Morgan fingerprint density at radius 1 is 1.48 bits per heavy atom. The maximum absolute atomic E-state index is 11.2. The normalized spacial score (nSPS) is 25.4. The minimum Gasteiger partial charge on any atom is -0.496 e. The van der Waals surface area contributed by atoms with Crippen molar-refractivity contribution in [3.63, 3.8) is 0 Å². The predicted molar refractivity (Wildman–Crippen MR) is 80.7 cm³/mol. The second kappa shape index (κ2) is 6.30. The molecule has 1 fully saturated rings. The smallest absolute Gasteiger partial charge is 0.296 e. The van der Waals surface area contributed by atoms with Crippen LogP contribution in [0, 0.1) is 16.0 Å². The van der Waals surface area contributed by atoms with Gasteiger partial charge >= 0.3 is 0 Å². The van der Waals surface area contributed by atoms with E-state index in [1.165, 1.54) is 13.2 Å². The number of nitro benzene ring substituents is 1. The van der Waals surface area contributed by atoms with Crippen LogP contribution in [0.4, 0.5) is 11.4 Å². The van der Waals surface area contributed by atoms with E-state index < -0.39 is 10.5 Å². The van der Waals surface area contributed by atoms with Gasteiger partial charge in [-0.05, 0) is 43.7 Å². The van der Waals surface area contributed by atoms with Gasteiger partial charge in [-0.15, -0.1) is 0 Å². The van der Waals surface area contributed by atoms with Gasteiger partial charge in [0.25, 0.3) is 5.69 Å². The van der Waals surface area contributed by atoms with Crippen LogP contribution in [-0.4, -0.2) is 29.3 Å². The Hall–Kier alpha value is -1.82. The fraction of sp³-hybridized carbons (Fsp3) is 0.600. The second-order valence-corrected chi connectivity index (χ2v) is 5.89. The molecule has 0 aliphatic heterocycles. The standard InChI is InChI=1S/C15H22N2O4/c1-11-5-7-15(10-18,8-6-11)16-13-4-3-12(21-2)9-14(13)17(19)20/h3-4,9,11,16,18H,5-8,10H2,1-2H3. The van der Waals surface area contributed by atoms with Gasteiger partial charge in [0, 0.05) is 0 Å². The van der Waals surface area contributed by atoms with E-state index in [1.54, 1.807) is 12.1 Å². The molecule has 2 N–H and O–H groups in total. The molecule has 1 aliphatic carbocycles. The molecule has 0 aromatic heterocycles. The first kappa shape index (κ1) is 15.6. The van der Waals surface area contributed by atoms with Crippen LogP contribution in [0.3, 0.4) is 0 Å². The van der Waals surface area contributed by atoms with Crippen LogP contribution in [0.5, 0.6) is 5.75 Å². The highest BCUT2D eigenvalue weighted by atomic mass is 16.6. The monoisotopic (exact) mass is 294 g/mol. The molecule has 1 aliphatic rings. The maximum Gasteiger partial charge on any atom is 0.296 e. The Labute approximate surface area is 124 Å². The number of aliphatic hydroxyl groups is 1. The summed E-state index contributed by atoms with van der Waals surface area (Å²) in [6.07, 6.45) is 3.65. The van der Waals surface area contributed by atoms with Crippen molar-refractivity contribution < 1.29 is 14.8 Å². The van der Waals surface area contributed by atoms with Crippen molar-refractivity contribution in [3.05, 3.63) is 28.3 Å². The van der Waals surface area contributed by atoms with Crippen molar-refractivity contribution in [3.8, 4) is 5.75 Å². The third kappa shape index (κ3) is 3.44. The second-order valence-electron chi connectivity index (χ2n) is 5.89. The first-order valence-electron chi connectivity index (χ1n) is 7.21. The zero-order valence-electron chi connectivity index (χ0n) is 12.5. The summed E-state index contributed by atoms with van der Waals surface area (Å²) in [5, 5.41) is 24.2. The van der Waals surface area contributed by atoms with Crippen LogP contribution in [0.1, 0.15) is 32.6 Å². The van der Waals surface area contributed by atoms with Crippen molar-refractivity contribution in [2.75, 3.05) is 19.0 Å². The third-order valence-electron chi connectivity index (χ3n) is 4.34. The van der Waals surface area contributed by atoms with Gasteiger partial charge in [-0.3, -0.25) is 10.1 Å². The van der Waals surface area contributed by atoms with E-state index in [1.807, 2.05) is 0 Å². The number of methoxy groups -OCH3 is 1. The number of nitro groups is 1.